The molecule has 1 aliphatic rings. The molecule has 4 heteroatoms. The average Bonchev–Trinajstić information content (AvgIpc) is 2.76. The van der Waals surface area contributed by atoms with E-state index in [1.165, 1.54) is 0 Å². The summed E-state index contributed by atoms with van der Waals surface area (Å²) in [6, 6.07) is 2.24. The number of nitrogens with one attached hydrogen (secondary N) is 1. The monoisotopic (exact) mass is 241 g/mol. The summed E-state index contributed by atoms with van der Waals surface area (Å²) in [5, 5.41) is 26.7. The normalized spacial score (nSPS) is 29.8. The van der Waals surface area contributed by atoms with Crippen LogP contribution in [0.15, 0.2) is 16.8 Å². The Morgan fingerprint density at radius 2 is 2.38 bits per heavy atom. The second kappa shape index (κ2) is 4.45. The van der Waals surface area contributed by atoms with Crippen LogP contribution in [0.2, 0.25) is 0 Å². The van der Waals surface area contributed by atoms with E-state index in [2.05, 4.69) is 19.2 Å². The van der Waals surface area contributed by atoms with Crippen molar-refractivity contribution < 1.29 is 10.2 Å². The summed E-state index contributed by atoms with van der Waals surface area (Å²) in [6.07, 6.45) is 0.117. The second-order valence-corrected chi connectivity index (χ2v) is 5.89. The second-order valence-electron chi connectivity index (χ2n) is 5.11. The van der Waals surface area contributed by atoms with Crippen LogP contribution in [-0.2, 0) is 0 Å². The molecule has 3 nitrogen and oxygen atoms in total. The van der Waals surface area contributed by atoms with Crippen LogP contribution >= 0.6 is 11.3 Å². The number of aliphatic hydroxyl groups excluding tert-OH is 2. The Balaban J connectivity index is 1.81. The van der Waals surface area contributed by atoms with E-state index in [4.69, 9.17) is 0 Å². The summed E-state index contributed by atoms with van der Waals surface area (Å²) in [4.78, 5) is 0. The van der Waals surface area contributed by atoms with Crippen LogP contribution in [0.1, 0.15) is 31.9 Å². The number of hydrogen-bond acceptors (Lipinski definition) is 4. The fourth-order valence-corrected chi connectivity index (χ4v) is 2.79. The zero-order chi connectivity index (χ0) is 11.8. The minimum Gasteiger partial charge on any atom is -0.392 e. The molecule has 3 N–H and O–H groups in total. The molecule has 1 fully saturated rings. The van der Waals surface area contributed by atoms with Crippen molar-refractivity contribution in [2.75, 3.05) is 6.54 Å². The summed E-state index contributed by atoms with van der Waals surface area (Å²) in [5.41, 5.74) is 0.893. The lowest BCUT2D eigenvalue weighted by atomic mass is 9.64. The van der Waals surface area contributed by atoms with Crippen molar-refractivity contribution in [1.82, 2.24) is 5.32 Å². The highest BCUT2D eigenvalue weighted by atomic mass is 32.1. The van der Waals surface area contributed by atoms with Gasteiger partial charge in [0.1, 0.15) is 0 Å². The SMILES string of the molecule is CC1(C)C(O)CC1NCC(O)c1ccsc1. The molecule has 3 atom stereocenters. The van der Waals surface area contributed by atoms with Crippen molar-refractivity contribution in [2.45, 2.75) is 38.5 Å². The highest BCUT2D eigenvalue weighted by Crippen LogP contribution is 2.40. The van der Waals surface area contributed by atoms with Gasteiger partial charge in [-0.2, -0.15) is 11.3 Å². The van der Waals surface area contributed by atoms with Gasteiger partial charge in [0.05, 0.1) is 12.2 Å². The lowest BCUT2D eigenvalue weighted by Crippen LogP contribution is -2.60. The smallest absolute Gasteiger partial charge is 0.0922 e. The quantitative estimate of drug-likeness (QED) is 0.749. The Kier molecular flexibility index (Phi) is 3.35. The maximum Gasteiger partial charge on any atom is 0.0922 e. The first-order chi connectivity index (χ1) is 7.51. The molecule has 1 aromatic heterocycles. The van der Waals surface area contributed by atoms with Gasteiger partial charge >= 0.3 is 0 Å². The van der Waals surface area contributed by atoms with Crippen molar-refractivity contribution in [3.05, 3.63) is 22.4 Å². The van der Waals surface area contributed by atoms with Gasteiger partial charge < -0.3 is 15.5 Å². The summed E-state index contributed by atoms with van der Waals surface area (Å²) in [7, 11) is 0. The van der Waals surface area contributed by atoms with Gasteiger partial charge in [-0.3, -0.25) is 0 Å². The molecule has 1 aliphatic carbocycles. The van der Waals surface area contributed by atoms with E-state index in [0.717, 1.165) is 12.0 Å². The molecule has 3 unspecified atom stereocenters. The molecule has 0 aromatic carbocycles. The number of thiophene rings is 1. The van der Waals surface area contributed by atoms with Gasteiger partial charge in [0.2, 0.25) is 0 Å². The van der Waals surface area contributed by atoms with Gasteiger partial charge in [0.15, 0.2) is 0 Å². The predicted octanol–water partition coefficient (Wildman–Crippen LogP) is 1.53. The molecule has 1 saturated carbocycles. The van der Waals surface area contributed by atoms with E-state index in [1.807, 2.05) is 16.8 Å². The van der Waals surface area contributed by atoms with Gasteiger partial charge in [0, 0.05) is 18.0 Å². The Hall–Kier alpha value is -0.420. The lowest BCUT2D eigenvalue weighted by Gasteiger charge is -2.49. The van der Waals surface area contributed by atoms with E-state index in [0.29, 0.717) is 12.6 Å². The molecule has 0 bridgehead atoms. The molecule has 90 valence electrons. The molecular weight excluding hydrogens is 222 g/mol. The summed E-state index contributed by atoms with van der Waals surface area (Å²) < 4.78 is 0. The molecule has 0 radical (unpaired) electrons. The van der Waals surface area contributed by atoms with E-state index in [9.17, 15) is 10.2 Å². The fraction of sp³-hybridized carbons (Fsp3) is 0.667. The minimum atomic E-state index is -0.445. The Labute approximate surface area is 100 Å². The first kappa shape index (κ1) is 12.0. The molecular formula is C12H19NO2S. The largest absolute Gasteiger partial charge is 0.392 e. The highest BCUT2D eigenvalue weighted by Gasteiger charge is 2.46. The van der Waals surface area contributed by atoms with Crippen LogP contribution in [0.4, 0.5) is 0 Å². The van der Waals surface area contributed by atoms with Gasteiger partial charge in [0.25, 0.3) is 0 Å². The van der Waals surface area contributed by atoms with Crippen LogP contribution in [0.3, 0.4) is 0 Å². The first-order valence-corrected chi connectivity index (χ1v) is 6.57. The Bertz CT molecular complexity index is 337. The number of aliphatic hydroxyl groups is 2. The topological polar surface area (TPSA) is 52.5 Å². The minimum absolute atomic E-state index is 0.0750. The molecule has 0 aliphatic heterocycles. The number of hydrogen-bond donors (Lipinski definition) is 3. The first-order valence-electron chi connectivity index (χ1n) is 5.63. The summed E-state index contributed by atoms with van der Waals surface area (Å²) in [6.45, 7) is 4.66. The van der Waals surface area contributed by atoms with Gasteiger partial charge in [-0.1, -0.05) is 13.8 Å². The third-order valence-electron chi connectivity index (χ3n) is 3.70. The van der Waals surface area contributed by atoms with Crippen molar-refractivity contribution in [3.8, 4) is 0 Å². The maximum atomic E-state index is 9.90. The fourth-order valence-electron chi connectivity index (χ4n) is 2.09. The van der Waals surface area contributed by atoms with Gasteiger partial charge in [-0.15, -0.1) is 0 Å². The third-order valence-corrected chi connectivity index (χ3v) is 4.40. The van der Waals surface area contributed by atoms with Crippen LogP contribution in [-0.4, -0.2) is 28.9 Å². The highest BCUT2D eigenvalue weighted by molar-refractivity contribution is 7.07. The summed E-state index contributed by atoms with van der Waals surface area (Å²) in [5.74, 6) is 0. The Morgan fingerprint density at radius 3 is 2.88 bits per heavy atom. The zero-order valence-corrected chi connectivity index (χ0v) is 10.5. The molecule has 1 aromatic rings. The summed E-state index contributed by atoms with van der Waals surface area (Å²) >= 11 is 1.59. The van der Waals surface area contributed by atoms with Gasteiger partial charge in [-0.25, -0.2) is 0 Å². The standard InChI is InChI=1S/C12H19NO2S/c1-12(2)10(5-11(12)15)13-6-9(14)8-3-4-16-7-8/h3-4,7,9-11,13-15H,5-6H2,1-2H3. The number of rotatable bonds is 4. The van der Waals surface area contributed by atoms with Crippen LogP contribution < -0.4 is 5.32 Å². The molecule has 1 heterocycles. The van der Waals surface area contributed by atoms with Crippen molar-refractivity contribution in [1.29, 1.82) is 0 Å². The average molecular weight is 241 g/mol. The molecule has 0 spiro atoms. The van der Waals surface area contributed by atoms with E-state index in [1.54, 1.807) is 11.3 Å². The zero-order valence-electron chi connectivity index (χ0n) is 9.68. The van der Waals surface area contributed by atoms with Crippen LogP contribution in [0.5, 0.6) is 0 Å². The van der Waals surface area contributed by atoms with Crippen LogP contribution in [0, 0.1) is 5.41 Å². The predicted molar refractivity (Wildman–Crippen MR) is 65.5 cm³/mol. The Morgan fingerprint density at radius 1 is 1.62 bits per heavy atom. The third kappa shape index (κ3) is 2.15. The van der Waals surface area contributed by atoms with Crippen molar-refractivity contribution in [3.63, 3.8) is 0 Å². The van der Waals surface area contributed by atoms with E-state index in [-0.39, 0.29) is 11.5 Å². The lowest BCUT2D eigenvalue weighted by molar-refractivity contribution is -0.0749. The maximum absolute atomic E-state index is 9.90. The van der Waals surface area contributed by atoms with Crippen LogP contribution in [0.25, 0.3) is 0 Å². The molecule has 0 amide bonds. The molecule has 16 heavy (non-hydrogen) atoms. The molecule has 2 rings (SSSR count). The van der Waals surface area contributed by atoms with Crippen molar-refractivity contribution in [2.24, 2.45) is 5.41 Å². The van der Waals surface area contributed by atoms with Gasteiger partial charge in [-0.05, 0) is 28.8 Å². The van der Waals surface area contributed by atoms with E-state index < -0.39 is 6.10 Å². The van der Waals surface area contributed by atoms with E-state index >= 15 is 0 Å². The van der Waals surface area contributed by atoms with Crippen molar-refractivity contribution >= 4 is 11.3 Å². The molecule has 0 saturated heterocycles.